The Kier molecular flexibility index (Phi) is 6.27. The third-order valence-electron chi connectivity index (χ3n) is 7.02. The standard InChI is InChI=1S/C27H27FN6O3/c28-18-6-3-16(4-7-18)22-23-25(34-12-9-19(35)10-13-34)31-15-32-27(23)37-24(22)17-5-8-21(30-14-17)33-26(36)20-2-1-11-29-20/h3-8,14-15,19-20,29,35H,1-2,9-13H2,(H,30,33,36)/t20-/m1/s1. The fourth-order valence-corrected chi connectivity index (χ4v) is 5.05. The number of benzene rings is 1. The summed E-state index contributed by atoms with van der Waals surface area (Å²) in [5.74, 6) is 1.27. The molecule has 4 aromatic rings. The molecule has 0 bridgehead atoms. The highest BCUT2D eigenvalue weighted by Crippen LogP contribution is 2.43. The normalized spacial score (nSPS) is 18.4. The predicted molar refractivity (Wildman–Crippen MR) is 138 cm³/mol. The van der Waals surface area contributed by atoms with Crippen molar-refractivity contribution in [3.05, 3.63) is 54.7 Å². The molecule has 6 rings (SSSR count). The minimum atomic E-state index is -0.335. The van der Waals surface area contributed by atoms with Gasteiger partial charge in [0.1, 0.15) is 29.5 Å². The lowest BCUT2D eigenvalue weighted by molar-refractivity contribution is -0.117. The van der Waals surface area contributed by atoms with E-state index < -0.39 is 0 Å². The Bertz CT molecular complexity index is 1410. The van der Waals surface area contributed by atoms with Crippen molar-refractivity contribution in [1.29, 1.82) is 0 Å². The van der Waals surface area contributed by atoms with Gasteiger partial charge in [0.15, 0.2) is 0 Å². The molecule has 2 aliphatic rings. The minimum Gasteiger partial charge on any atom is -0.437 e. The van der Waals surface area contributed by atoms with Crippen LogP contribution in [0.1, 0.15) is 25.7 Å². The molecule has 2 fully saturated rings. The van der Waals surface area contributed by atoms with Gasteiger partial charge in [-0.2, -0.15) is 0 Å². The number of piperidine rings is 1. The molecule has 10 heteroatoms. The first kappa shape index (κ1) is 23.5. The fourth-order valence-electron chi connectivity index (χ4n) is 5.05. The van der Waals surface area contributed by atoms with Gasteiger partial charge in [-0.3, -0.25) is 4.79 Å². The van der Waals surface area contributed by atoms with Crippen LogP contribution < -0.4 is 15.5 Å². The predicted octanol–water partition coefficient (Wildman–Crippen LogP) is 3.74. The molecule has 3 N–H and O–H groups in total. The number of nitrogens with one attached hydrogen (secondary N) is 2. The van der Waals surface area contributed by atoms with Gasteiger partial charge in [-0.15, -0.1) is 0 Å². The molecule has 0 saturated carbocycles. The maximum absolute atomic E-state index is 13.8. The summed E-state index contributed by atoms with van der Waals surface area (Å²) < 4.78 is 20.1. The maximum atomic E-state index is 13.8. The summed E-state index contributed by atoms with van der Waals surface area (Å²) in [5, 5.41) is 16.8. The summed E-state index contributed by atoms with van der Waals surface area (Å²) in [6.45, 7) is 2.15. The first-order valence-electron chi connectivity index (χ1n) is 12.5. The molecular formula is C27H27FN6O3. The Morgan fingerprint density at radius 3 is 2.54 bits per heavy atom. The Morgan fingerprint density at radius 1 is 1.05 bits per heavy atom. The quantitative estimate of drug-likeness (QED) is 0.378. The van der Waals surface area contributed by atoms with Gasteiger partial charge in [-0.1, -0.05) is 12.1 Å². The van der Waals surface area contributed by atoms with E-state index in [4.69, 9.17) is 4.42 Å². The third kappa shape index (κ3) is 4.65. The second-order valence-electron chi connectivity index (χ2n) is 9.48. The number of rotatable bonds is 5. The van der Waals surface area contributed by atoms with E-state index in [1.807, 2.05) is 6.07 Å². The number of nitrogens with zero attached hydrogens (tertiary/aromatic N) is 4. The molecule has 2 saturated heterocycles. The topological polar surface area (TPSA) is 116 Å². The van der Waals surface area contributed by atoms with Crippen LogP contribution in [0.25, 0.3) is 33.6 Å². The molecule has 1 amide bonds. The number of aliphatic hydroxyl groups is 1. The molecule has 190 valence electrons. The van der Waals surface area contributed by atoms with Crippen molar-refractivity contribution in [3.8, 4) is 22.5 Å². The van der Waals surface area contributed by atoms with Crippen LogP contribution in [-0.4, -0.2) is 57.7 Å². The molecule has 0 unspecified atom stereocenters. The highest BCUT2D eigenvalue weighted by molar-refractivity contribution is 6.06. The summed E-state index contributed by atoms with van der Waals surface area (Å²) in [7, 11) is 0. The average Bonchev–Trinajstić information content (AvgIpc) is 3.59. The van der Waals surface area contributed by atoms with Crippen LogP contribution >= 0.6 is 0 Å². The number of carbonyl (C=O) groups excluding carboxylic acids is 1. The molecule has 0 radical (unpaired) electrons. The third-order valence-corrected chi connectivity index (χ3v) is 7.02. The van der Waals surface area contributed by atoms with E-state index in [0.29, 0.717) is 54.6 Å². The van der Waals surface area contributed by atoms with Gasteiger partial charge in [0.2, 0.25) is 11.6 Å². The van der Waals surface area contributed by atoms with Gasteiger partial charge in [0, 0.05) is 30.4 Å². The molecule has 1 atom stereocenters. The lowest BCUT2D eigenvalue weighted by atomic mass is 9.99. The first-order chi connectivity index (χ1) is 18.1. The second kappa shape index (κ2) is 9.87. The number of hydrogen-bond donors (Lipinski definition) is 3. The van der Waals surface area contributed by atoms with Crippen LogP contribution in [0.2, 0.25) is 0 Å². The van der Waals surface area contributed by atoms with Crippen molar-refractivity contribution in [2.45, 2.75) is 37.8 Å². The van der Waals surface area contributed by atoms with Crippen LogP contribution in [0.5, 0.6) is 0 Å². The number of anilines is 2. The van der Waals surface area contributed by atoms with Crippen molar-refractivity contribution in [2.24, 2.45) is 0 Å². The Hall–Kier alpha value is -3.89. The van der Waals surface area contributed by atoms with E-state index in [2.05, 4.69) is 30.5 Å². The van der Waals surface area contributed by atoms with Crippen LogP contribution in [0.15, 0.2) is 53.3 Å². The second-order valence-corrected chi connectivity index (χ2v) is 9.48. The molecule has 0 spiro atoms. The van der Waals surface area contributed by atoms with Gasteiger partial charge < -0.3 is 25.1 Å². The maximum Gasteiger partial charge on any atom is 0.242 e. The molecule has 3 aromatic heterocycles. The Morgan fingerprint density at radius 2 is 1.84 bits per heavy atom. The van der Waals surface area contributed by atoms with Gasteiger partial charge in [0.25, 0.3) is 0 Å². The number of pyridine rings is 1. The molecule has 2 aliphatic heterocycles. The SMILES string of the molecule is O=C(Nc1ccc(-c2oc3ncnc(N4CCC(O)CC4)c3c2-c2ccc(F)cc2)cn1)[C@H]1CCCN1. The molecule has 5 heterocycles. The average molecular weight is 503 g/mol. The zero-order chi connectivity index (χ0) is 25.4. The largest absolute Gasteiger partial charge is 0.437 e. The molecule has 37 heavy (non-hydrogen) atoms. The highest BCUT2D eigenvalue weighted by atomic mass is 19.1. The van der Waals surface area contributed by atoms with Gasteiger partial charge in [-0.05, 0) is 62.1 Å². The number of aliphatic hydroxyl groups excluding tert-OH is 1. The van der Waals surface area contributed by atoms with Crippen molar-refractivity contribution >= 4 is 28.6 Å². The molecule has 1 aromatic carbocycles. The first-order valence-corrected chi connectivity index (χ1v) is 12.5. The zero-order valence-corrected chi connectivity index (χ0v) is 20.2. The highest BCUT2D eigenvalue weighted by Gasteiger charge is 2.27. The lowest BCUT2D eigenvalue weighted by Crippen LogP contribution is -2.36. The summed E-state index contributed by atoms with van der Waals surface area (Å²) >= 11 is 0. The number of halogens is 1. The Labute approximate surface area is 212 Å². The number of furan rings is 1. The lowest BCUT2D eigenvalue weighted by Gasteiger charge is -2.30. The summed E-state index contributed by atoms with van der Waals surface area (Å²) in [5.41, 5.74) is 2.60. The van der Waals surface area contributed by atoms with Crippen LogP contribution in [0, 0.1) is 5.82 Å². The summed E-state index contributed by atoms with van der Waals surface area (Å²) in [6.07, 6.45) is 5.88. The monoisotopic (exact) mass is 502 g/mol. The summed E-state index contributed by atoms with van der Waals surface area (Å²) in [6, 6.07) is 9.60. The number of carbonyl (C=O) groups is 1. The Balaban J connectivity index is 1.41. The van der Waals surface area contributed by atoms with E-state index in [1.165, 1.54) is 18.5 Å². The van der Waals surface area contributed by atoms with E-state index in [0.717, 1.165) is 35.9 Å². The van der Waals surface area contributed by atoms with Crippen molar-refractivity contribution in [3.63, 3.8) is 0 Å². The zero-order valence-electron chi connectivity index (χ0n) is 20.2. The van der Waals surface area contributed by atoms with Crippen LogP contribution in [0.3, 0.4) is 0 Å². The van der Waals surface area contributed by atoms with Gasteiger partial charge in [-0.25, -0.2) is 19.3 Å². The van der Waals surface area contributed by atoms with E-state index in [1.54, 1.807) is 24.4 Å². The van der Waals surface area contributed by atoms with Gasteiger partial charge in [0.05, 0.1) is 17.5 Å². The molecule has 0 aliphatic carbocycles. The van der Waals surface area contributed by atoms with Crippen molar-refractivity contribution in [2.75, 3.05) is 29.9 Å². The number of fused-ring (bicyclic) bond motifs is 1. The van der Waals surface area contributed by atoms with E-state index in [-0.39, 0.29) is 23.9 Å². The number of amides is 1. The number of aromatic nitrogens is 3. The van der Waals surface area contributed by atoms with Gasteiger partial charge >= 0.3 is 0 Å². The van der Waals surface area contributed by atoms with Crippen LogP contribution in [0.4, 0.5) is 16.0 Å². The molecular weight excluding hydrogens is 475 g/mol. The minimum absolute atomic E-state index is 0.0972. The van der Waals surface area contributed by atoms with Crippen LogP contribution in [-0.2, 0) is 4.79 Å². The summed E-state index contributed by atoms with van der Waals surface area (Å²) in [4.78, 5) is 28.0. The number of hydrogen-bond acceptors (Lipinski definition) is 8. The smallest absolute Gasteiger partial charge is 0.242 e. The van der Waals surface area contributed by atoms with Crippen molar-refractivity contribution in [1.82, 2.24) is 20.3 Å². The van der Waals surface area contributed by atoms with E-state index >= 15 is 0 Å². The molecule has 9 nitrogen and oxygen atoms in total. The van der Waals surface area contributed by atoms with E-state index in [9.17, 15) is 14.3 Å². The fraction of sp³-hybridized carbons (Fsp3) is 0.333. The van der Waals surface area contributed by atoms with Crippen molar-refractivity contribution < 1.29 is 18.7 Å².